The van der Waals surface area contributed by atoms with Crippen molar-refractivity contribution < 1.29 is 4.79 Å². The van der Waals surface area contributed by atoms with Gasteiger partial charge in [0.05, 0.1) is 5.52 Å². The van der Waals surface area contributed by atoms with E-state index in [1.54, 1.807) is 4.68 Å². The smallest absolute Gasteiger partial charge is 0.272 e. The SMILES string of the molecule is CC1CCCC(CNC(=O)c2nn(C)c3ccccc23)N1. The van der Waals surface area contributed by atoms with Gasteiger partial charge in [0.1, 0.15) is 0 Å². The van der Waals surface area contributed by atoms with Crippen LogP contribution in [0.5, 0.6) is 0 Å². The van der Waals surface area contributed by atoms with Gasteiger partial charge >= 0.3 is 0 Å². The number of rotatable bonds is 3. The van der Waals surface area contributed by atoms with Crippen LogP contribution in [0.25, 0.3) is 10.9 Å². The fourth-order valence-electron chi connectivity index (χ4n) is 3.08. The highest BCUT2D eigenvalue weighted by Gasteiger charge is 2.20. The third-order valence-electron chi connectivity index (χ3n) is 4.19. The van der Waals surface area contributed by atoms with Crippen LogP contribution in [0.2, 0.25) is 0 Å². The van der Waals surface area contributed by atoms with E-state index in [2.05, 4.69) is 22.7 Å². The fraction of sp³-hybridized carbons (Fsp3) is 0.500. The minimum atomic E-state index is -0.0909. The van der Waals surface area contributed by atoms with E-state index in [1.165, 1.54) is 12.8 Å². The quantitative estimate of drug-likeness (QED) is 0.905. The second-order valence-electron chi connectivity index (χ2n) is 5.89. The summed E-state index contributed by atoms with van der Waals surface area (Å²) >= 11 is 0. The lowest BCUT2D eigenvalue weighted by Gasteiger charge is -2.28. The summed E-state index contributed by atoms with van der Waals surface area (Å²) in [5.74, 6) is -0.0909. The summed E-state index contributed by atoms with van der Waals surface area (Å²) in [5.41, 5.74) is 1.49. The fourth-order valence-corrected chi connectivity index (χ4v) is 3.08. The van der Waals surface area contributed by atoms with E-state index in [4.69, 9.17) is 0 Å². The number of benzene rings is 1. The first-order valence-electron chi connectivity index (χ1n) is 7.61. The van der Waals surface area contributed by atoms with E-state index < -0.39 is 0 Å². The van der Waals surface area contributed by atoms with Gasteiger partial charge in [-0.3, -0.25) is 9.48 Å². The molecule has 1 fully saturated rings. The Morgan fingerprint density at radius 2 is 2.24 bits per heavy atom. The minimum absolute atomic E-state index is 0.0909. The Balaban J connectivity index is 1.70. The maximum atomic E-state index is 12.4. The highest BCUT2D eigenvalue weighted by Crippen LogP contribution is 2.17. The molecule has 1 aromatic heterocycles. The van der Waals surface area contributed by atoms with Crippen LogP contribution in [0.1, 0.15) is 36.7 Å². The first-order valence-corrected chi connectivity index (χ1v) is 7.61. The average molecular weight is 286 g/mol. The van der Waals surface area contributed by atoms with Crippen LogP contribution in [-0.4, -0.2) is 34.3 Å². The number of carbonyl (C=O) groups is 1. The lowest BCUT2D eigenvalue weighted by molar-refractivity contribution is 0.0942. The Kier molecular flexibility index (Phi) is 3.92. The van der Waals surface area contributed by atoms with E-state index in [1.807, 2.05) is 31.3 Å². The number of hydrogen-bond donors (Lipinski definition) is 2. The number of carbonyl (C=O) groups excluding carboxylic acids is 1. The van der Waals surface area contributed by atoms with Crippen molar-refractivity contribution in [3.8, 4) is 0 Å². The van der Waals surface area contributed by atoms with Gasteiger partial charge in [-0.15, -0.1) is 0 Å². The van der Waals surface area contributed by atoms with E-state index in [0.717, 1.165) is 17.3 Å². The van der Waals surface area contributed by atoms with Crippen molar-refractivity contribution in [3.05, 3.63) is 30.0 Å². The predicted molar refractivity (Wildman–Crippen MR) is 83.3 cm³/mol. The molecule has 0 radical (unpaired) electrons. The molecule has 3 rings (SSSR count). The van der Waals surface area contributed by atoms with Crippen LogP contribution >= 0.6 is 0 Å². The van der Waals surface area contributed by atoms with E-state index in [9.17, 15) is 4.79 Å². The summed E-state index contributed by atoms with van der Waals surface area (Å²) in [6.45, 7) is 2.86. The summed E-state index contributed by atoms with van der Waals surface area (Å²) in [5, 5.41) is 11.8. The highest BCUT2D eigenvalue weighted by molar-refractivity contribution is 6.04. The van der Waals surface area contributed by atoms with Crippen LogP contribution in [0, 0.1) is 0 Å². The van der Waals surface area contributed by atoms with Crippen molar-refractivity contribution in [2.45, 2.75) is 38.3 Å². The largest absolute Gasteiger partial charge is 0.349 e. The molecule has 2 unspecified atom stereocenters. The van der Waals surface area contributed by atoms with Crippen molar-refractivity contribution in [3.63, 3.8) is 0 Å². The van der Waals surface area contributed by atoms with Gasteiger partial charge in [-0.05, 0) is 25.8 Å². The monoisotopic (exact) mass is 286 g/mol. The van der Waals surface area contributed by atoms with Gasteiger partial charge in [-0.2, -0.15) is 5.10 Å². The van der Waals surface area contributed by atoms with Crippen LogP contribution in [-0.2, 0) is 7.05 Å². The van der Waals surface area contributed by atoms with Crippen molar-refractivity contribution in [2.75, 3.05) is 6.54 Å². The summed E-state index contributed by atoms with van der Waals surface area (Å²) in [6.07, 6.45) is 3.56. The van der Waals surface area contributed by atoms with Gasteiger partial charge in [0.2, 0.25) is 0 Å². The molecule has 2 heterocycles. The summed E-state index contributed by atoms with van der Waals surface area (Å²) in [4.78, 5) is 12.4. The Labute approximate surface area is 124 Å². The molecule has 21 heavy (non-hydrogen) atoms. The highest BCUT2D eigenvalue weighted by atomic mass is 16.1. The first kappa shape index (κ1) is 14.1. The first-order chi connectivity index (χ1) is 10.1. The topological polar surface area (TPSA) is 59.0 Å². The number of nitrogens with zero attached hydrogens (tertiary/aromatic N) is 2. The summed E-state index contributed by atoms with van der Waals surface area (Å²) < 4.78 is 1.76. The van der Waals surface area contributed by atoms with Crippen molar-refractivity contribution >= 4 is 16.8 Å². The molecule has 0 aliphatic carbocycles. The van der Waals surface area contributed by atoms with Gasteiger partial charge in [0.25, 0.3) is 5.91 Å². The maximum absolute atomic E-state index is 12.4. The van der Waals surface area contributed by atoms with Crippen LogP contribution in [0.4, 0.5) is 0 Å². The standard InChI is InChI=1S/C16H22N4O/c1-11-6-5-7-12(18-11)10-17-16(21)15-13-8-3-4-9-14(13)20(2)19-15/h3-4,8-9,11-12,18H,5-7,10H2,1-2H3,(H,17,21). The maximum Gasteiger partial charge on any atom is 0.272 e. The van der Waals surface area contributed by atoms with E-state index >= 15 is 0 Å². The third kappa shape index (κ3) is 2.93. The Hall–Kier alpha value is -1.88. The lowest BCUT2D eigenvalue weighted by Crippen LogP contribution is -2.47. The molecule has 2 aromatic rings. The number of fused-ring (bicyclic) bond motifs is 1. The Morgan fingerprint density at radius 3 is 3.05 bits per heavy atom. The molecule has 1 amide bonds. The van der Waals surface area contributed by atoms with Gasteiger partial charge in [0, 0.05) is 31.1 Å². The number of para-hydroxylation sites is 1. The summed E-state index contributed by atoms with van der Waals surface area (Å²) in [7, 11) is 1.86. The molecule has 1 saturated heterocycles. The zero-order valence-corrected chi connectivity index (χ0v) is 12.6. The third-order valence-corrected chi connectivity index (χ3v) is 4.19. The summed E-state index contributed by atoms with van der Waals surface area (Å²) in [6, 6.07) is 8.72. The molecule has 0 spiro atoms. The minimum Gasteiger partial charge on any atom is -0.349 e. The van der Waals surface area contributed by atoms with E-state index in [-0.39, 0.29) is 5.91 Å². The molecule has 0 bridgehead atoms. The molecular weight excluding hydrogens is 264 g/mol. The van der Waals surface area contributed by atoms with Gasteiger partial charge in [0.15, 0.2) is 5.69 Å². The molecule has 5 nitrogen and oxygen atoms in total. The van der Waals surface area contributed by atoms with Gasteiger partial charge < -0.3 is 10.6 Å². The van der Waals surface area contributed by atoms with Crippen molar-refractivity contribution in [1.82, 2.24) is 20.4 Å². The number of aryl methyl sites for hydroxylation is 1. The molecule has 0 saturated carbocycles. The molecule has 112 valence electrons. The number of amides is 1. The van der Waals surface area contributed by atoms with Gasteiger partial charge in [-0.1, -0.05) is 24.6 Å². The zero-order chi connectivity index (χ0) is 14.8. The second-order valence-corrected chi connectivity index (χ2v) is 5.89. The molecular formula is C16H22N4O. The Morgan fingerprint density at radius 1 is 1.43 bits per heavy atom. The number of hydrogen-bond acceptors (Lipinski definition) is 3. The van der Waals surface area contributed by atoms with Crippen molar-refractivity contribution in [2.24, 2.45) is 7.05 Å². The van der Waals surface area contributed by atoms with Crippen LogP contribution < -0.4 is 10.6 Å². The van der Waals surface area contributed by atoms with Crippen molar-refractivity contribution in [1.29, 1.82) is 0 Å². The molecule has 1 aromatic carbocycles. The van der Waals surface area contributed by atoms with E-state index in [0.29, 0.717) is 24.3 Å². The van der Waals surface area contributed by atoms with Gasteiger partial charge in [-0.25, -0.2) is 0 Å². The van der Waals surface area contributed by atoms with Crippen LogP contribution in [0.3, 0.4) is 0 Å². The number of aromatic nitrogens is 2. The number of nitrogens with one attached hydrogen (secondary N) is 2. The zero-order valence-electron chi connectivity index (χ0n) is 12.6. The Bertz CT molecular complexity index is 649. The normalized spacial score (nSPS) is 22.4. The average Bonchev–Trinajstić information content (AvgIpc) is 2.83. The molecule has 5 heteroatoms. The number of piperidine rings is 1. The predicted octanol–water partition coefficient (Wildman–Crippen LogP) is 1.83. The molecule has 2 N–H and O–H groups in total. The molecule has 1 aliphatic rings. The lowest BCUT2D eigenvalue weighted by atomic mass is 9.99. The molecule has 2 atom stereocenters. The molecule has 1 aliphatic heterocycles. The second kappa shape index (κ2) is 5.85. The van der Waals surface area contributed by atoms with Crippen LogP contribution in [0.15, 0.2) is 24.3 Å².